The van der Waals surface area contributed by atoms with E-state index >= 15 is 0 Å². The number of esters is 1. The molecule has 8 nitrogen and oxygen atoms in total. The summed E-state index contributed by atoms with van der Waals surface area (Å²) < 4.78 is 10.3. The second-order valence-electron chi connectivity index (χ2n) is 6.40. The highest BCUT2D eigenvalue weighted by atomic mass is 16.5. The van der Waals surface area contributed by atoms with Gasteiger partial charge in [0.25, 0.3) is 5.91 Å². The van der Waals surface area contributed by atoms with Gasteiger partial charge in [-0.2, -0.15) is 0 Å². The van der Waals surface area contributed by atoms with Gasteiger partial charge in [0.2, 0.25) is 0 Å². The topological polar surface area (TPSA) is 101 Å². The standard InChI is InChI=1S/C21H23N3O5/c1-4-24-13(3)17(20(26)28-5-2)18(23-21(24)27)14-8-10-15(11-9-14)22-19(25)16-7-6-12-29-16/h6-12,18H,4-5H2,1-3H3,(H,22,25)(H,23,27). The number of hydrogen-bond donors (Lipinski definition) is 2. The van der Waals surface area contributed by atoms with Crippen molar-refractivity contribution < 1.29 is 23.5 Å². The van der Waals surface area contributed by atoms with Gasteiger partial charge in [-0.25, -0.2) is 9.59 Å². The van der Waals surface area contributed by atoms with E-state index in [1.807, 2.05) is 6.92 Å². The Morgan fingerprint density at radius 1 is 1.21 bits per heavy atom. The van der Waals surface area contributed by atoms with E-state index in [9.17, 15) is 14.4 Å². The van der Waals surface area contributed by atoms with Crippen molar-refractivity contribution in [1.82, 2.24) is 10.2 Å². The number of carbonyl (C=O) groups is 3. The lowest BCUT2D eigenvalue weighted by atomic mass is 9.94. The van der Waals surface area contributed by atoms with Crippen molar-refractivity contribution in [1.29, 1.82) is 0 Å². The van der Waals surface area contributed by atoms with Crippen molar-refractivity contribution >= 4 is 23.6 Å². The van der Waals surface area contributed by atoms with Gasteiger partial charge in [0.1, 0.15) is 0 Å². The second kappa shape index (κ2) is 8.64. The lowest BCUT2D eigenvalue weighted by Gasteiger charge is -2.34. The first-order valence-corrected chi connectivity index (χ1v) is 9.37. The third-order valence-corrected chi connectivity index (χ3v) is 4.65. The molecule has 2 heterocycles. The molecule has 1 aliphatic heterocycles. The number of ether oxygens (including phenoxy) is 1. The lowest BCUT2D eigenvalue weighted by Crippen LogP contribution is -2.47. The summed E-state index contributed by atoms with van der Waals surface area (Å²) in [4.78, 5) is 38.6. The van der Waals surface area contributed by atoms with Crippen LogP contribution in [0, 0.1) is 0 Å². The van der Waals surface area contributed by atoms with E-state index in [1.54, 1.807) is 50.2 Å². The van der Waals surface area contributed by atoms with Crippen molar-refractivity contribution in [2.45, 2.75) is 26.8 Å². The number of nitrogens with one attached hydrogen (secondary N) is 2. The molecule has 1 aromatic carbocycles. The molecule has 0 aliphatic carbocycles. The van der Waals surface area contributed by atoms with Crippen LogP contribution in [-0.4, -0.2) is 36.0 Å². The Balaban J connectivity index is 1.87. The molecule has 2 aromatic rings. The van der Waals surface area contributed by atoms with Gasteiger partial charge in [-0.3, -0.25) is 9.69 Å². The van der Waals surface area contributed by atoms with E-state index in [2.05, 4.69) is 10.6 Å². The zero-order valence-electron chi connectivity index (χ0n) is 16.5. The molecule has 0 spiro atoms. The number of rotatable bonds is 6. The molecule has 0 saturated carbocycles. The van der Waals surface area contributed by atoms with E-state index in [1.165, 1.54) is 11.2 Å². The average molecular weight is 397 g/mol. The Morgan fingerprint density at radius 3 is 2.52 bits per heavy atom. The molecule has 1 atom stereocenters. The molecular formula is C21H23N3O5. The predicted molar refractivity (Wildman–Crippen MR) is 106 cm³/mol. The number of amides is 3. The molecule has 2 N–H and O–H groups in total. The summed E-state index contributed by atoms with van der Waals surface area (Å²) in [6, 6.07) is 9.18. The Morgan fingerprint density at radius 2 is 1.93 bits per heavy atom. The van der Waals surface area contributed by atoms with Crippen molar-refractivity contribution in [3.8, 4) is 0 Å². The molecule has 3 rings (SSSR count). The van der Waals surface area contributed by atoms with Gasteiger partial charge in [0, 0.05) is 17.9 Å². The van der Waals surface area contributed by atoms with Gasteiger partial charge in [-0.1, -0.05) is 12.1 Å². The summed E-state index contributed by atoms with van der Waals surface area (Å²) >= 11 is 0. The van der Waals surface area contributed by atoms with Gasteiger partial charge in [0.05, 0.1) is 24.5 Å². The van der Waals surface area contributed by atoms with Gasteiger partial charge in [-0.15, -0.1) is 0 Å². The molecule has 8 heteroatoms. The number of nitrogens with zero attached hydrogens (tertiary/aromatic N) is 1. The van der Waals surface area contributed by atoms with Crippen LogP contribution in [0.25, 0.3) is 0 Å². The highest BCUT2D eigenvalue weighted by Gasteiger charge is 2.35. The minimum Gasteiger partial charge on any atom is -0.463 e. The molecule has 152 valence electrons. The number of urea groups is 1. The van der Waals surface area contributed by atoms with Crippen LogP contribution >= 0.6 is 0 Å². The largest absolute Gasteiger partial charge is 0.463 e. The smallest absolute Gasteiger partial charge is 0.338 e. The molecule has 3 amide bonds. The number of carbonyl (C=O) groups excluding carboxylic acids is 3. The molecule has 1 aromatic heterocycles. The Bertz CT molecular complexity index is 932. The van der Waals surface area contributed by atoms with Gasteiger partial charge < -0.3 is 19.8 Å². The molecule has 0 fully saturated rings. The quantitative estimate of drug-likeness (QED) is 0.727. The predicted octanol–water partition coefficient (Wildman–Crippen LogP) is 3.46. The van der Waals surface area contributed by atoms with Crippen LogP contribution in [0.4, 0.5) is 10.5 Å². The Hall–Kier alpha value is -3.55. The second-order valence-corrected chi connectivity index (χ2v) is 6.40. The number of benzene rings is 1. The number of furan rings is 1. The monoisotopic (exact) mass is 397 g/mol. The summed E-state index contributed by atoms with van der Waals surface area (Å²) in [5.41, 5.74) is 2.22. The molecule has 29 heavy (non-hydrogen) atoms. The first-order valence-electron chi connectivity index (χ1n) is 9.37. The fourth-order valence-corrected chi connectivity index (χ4v) is 3.24. The van der Waals surface area contributed by atoms with Crippen LogP contribution in [0.1, 0.15) is 42.9 Å². The summed E-state index contributed by atoms with van der Waals surface area (Å²) in [6.07, 6.45) is 1.43. The maximum Gasteiger partial charge on any atom is 0.338 e. The molecule has 0 saturated heterocycles. The van der Waals surface area contributed by atoms with Crippen LogP contribution in [0.2, 0.25) is 0 Å². The third kappa shape index (κ3) is 4.16. The molecule has 0 bridgehead atoms. The van der Waals surface area contributed by atoms with Crippen LogP contribution < -0.4 is 10.6 Å². The van der Waals surface area contributed by atoms with Crippen molar-refractivity contribution in [2.24, 2.45) is 0 Å². The number of anilines is 1. The Kier molecular flexibility index (Phi) is 6.01. The van der Waals surface area contributed by atoms with E-state index in [-0.39, 0.29) is 24.3 Å². The van der Waals surface area contributed by atoms with E-state index < -0.39 is 12.0 Å². The first-order chi connectivity index (χ1) is 14.0. The van der Waals surface area contributed by atoms with E-state index in [0.717, 1.165) is 0 Å². The zero-order valence-corrected chi connectivity index (χ0v) is 16.5. The Labute approximate surface area is 168 Å². The summed E-state index contributed by atoms with van der Waals surface area (Å²) in [5.74, 6) is -0.629. The van der Waals surface area contributed by atoms with Crippen LogP contribution in [0.15, 0.2) is 58.3 Å². The fraction of sp³-hybridized carbons (Fsp3) is 0.286. The molecule has 1 unspecified atom stereocenters. The maximum absolute atomic E-state index is 12.6. The van der Waals surface area contributed by atoms with Crippen LogP contribution in [-0.2, 0) is 9.53 Å². The highest BCUT2D eigenvalue weighted by molar-refractivity contribution is 6.02. The number of hydrogen-bond acceptors (Lipinski definition) is 5. The van der Waals surface area contributed by atoms with E-state index in [4.69, 9.17) is 9.15 Å². The lowest BCUT2D eigenvalue weighted by molar-refractivity contribution is -0.139. The van der Waals surface area contributed by atoms with Gasteiger partial charge in [-0.05, 0) is 50.6 Å². The van der Waals surface area contributed by atoms with Crippen molar-refractivity contribution in [3.05, 3.63) is 65.3 Å². The maximum atomic E-state index is 12.6. The van der Waals surface area contributed by atoms with Crippen LogP contribution in [0.3, 0.4) is 0 Å². The normalized spacial score (nSPS) is 16.4. The molecule has 0 radical (unpaired) electrons. The summed E-state index contributed by atoms with van der Waals surface area (Å²) in [5, 5.41) is 5.59. The van der Waals surface area contributed by atoms with Crippen molar-refractivity contribution in [3.63, 3.8) is 0 Å². The average Bonchev–Trinajstić information content (AvgIpc) is 3.23. The van der Waals surface area contributed by atoms with Gasteiger partial charge >= 0.3 is 12.0 Å². The SMILES string of the molecule is CCOC(=O)C1=C(C)N(CC)C(=O)NC1c1ccc(NC(=O)c2ccco2)cc1. The summed E-state index contributed by atoms with van der Waals surface area (Å²) in [6.45, 7) is 5.98. The minimum absolute atomic E-state index is 0.205. The third-order valence-electron chi connectivity index (χ3n) is 4.65. The van der Waals surface area contributed by atoms with Crippen LogP contribution in [0.5, 0.6) is 0 Å². The van der Waals surface area contributed by atoms with Gasteiger partial charge in [0.15, 0.2) is 5.76 Å². The highest BCUT2D eigenvalue weighted by Crippen LogP contribution is 2.31. The minimum atomic E-state index is -0.640. The molecular weight excluding hydrogens is 374 g/mol. The van der Waals surface area contributed by atoms with E-state index in [0.29, 0.717) is 29.1 Å². The molecule has 1 aliphatic rings. The zero-order chi connectivity index (χ0) is 21.0. The fourth-order valence-electron chi connectivity index (χ4n) is 3.24. The summed E-state index contributed by atoms with van der Waals surface area (Å²) in [7, 11) is 0. The van der Waals surface area contributed by atoms with Crippen molar-refractivity contribution in [2.75, 3.05) is 18.5 Å². The number of allylic oxidation sites excluding steroid dienone is 1. The first kappa shape index (κ1) is 20.2.